The number of nitrogens with zero attached hydrogens (tertiary/aromatic N) is 2. The maximum atomic E-state index is 14.1. The number of nitrogens with one attached hydrogen (secondary N) is 1. The van der Waals surface area contributed by atoms with Crippen LogP contribution in [0, 0.1) is 0 Å². The number of para-hydroxylation sites is 2. The highest BCUT2D eigenvalue weighted by Crippen LogP contribution is 2.47. The van der Waals surface area contributed by atoms with E-state index in [2.05, 4.69) is 48.3 Å². The Morgan fingerprint density at radius 2 is 1.59 bits per heavy atom. The quantitative estimate of drug-likeness (QED) is 0.367. The van der Waals surface area contributed by atoms with Crippen molar-refractivity contribution in [3.05, 3.63) is 95.2 Å². The minimum absolute atomic E-state index is 0.0131. The lowest BCUT2D eigenvalue weighted by molar-refractivity contribution is -0.119. The first kappa shape index (κ1) is 26.5. The molecule has 1 amide bonds. The highest BCUT2D eigenvalue weighted by Gasteiger charge is 2.41. The number of benzene rings is 3. The van der Waals surface area contributed by atoms with Crippen molar-refractivity contribution in [2.45, 2.75) is 52.0 Å². The van der Waals surface area contributed by atoms with Gasteiger partial charge in [0.25, 0.3) is 0 Å². The molecule has 0 aromatic heterocycles. The van der Waals surface area contributed by atoms with Crippen LogP contribution < -0.4 is 19.9 Å². The fraction of sp³-hybridized carbons (Fsp3) is 0.333. The highest BCUT2D eigenvalue weighted by atomic mass is 16.5. The second-order valence-corrected chi connectivity index (χ2v) is 10.1. The van der Waals surface area contributed by atoms with Gasteiger partial charge in [0.05, 0.1) is 24.5 Å². The van der Waals surface area contributed by atoms with E-state index in [1.807, 2.05) is 60.4 Å². The van der Waals surface area contributed by atoms with E-state index in [1.165, 1.54) is 0 Å². The number of methoxy groups -OCH3 is 1. The Hall–Kier alpha value is -4.06. The molecule has 0 radical (unpaired) electrons. The van der Waals surface area contributed by atoms with Gasteiger partial charge in [0.1, 0.15) is 5.75 Å². The van der Waals surface area contributed by atoms with Gasteiger partial charge in [0.15, 0.2) is 5.78 Å². The molecule has 0 bridgehead atoms. The molecule has 2 aliphatic rings. The van der Waals surface area contributed by atoms with E-state index in [9.17, 15) is 9.59 Å². The molecular formula is C33H37N3O3. The number of carbonyl (C=O) groups is 2. The first-order valence-electron chi connectivity index (χ1n) is 13.9. The molecular weight excluding hydrogens is 486 g/mol. The summed E-state index contributed by atoms with van der Waals surface area (Å²) in [6.45, 7) is 7.99. The van der Waals surface area contributed by atoms with Gasteiger partial charge in [-0.1, -0.05) is 43.3 Å². The number of allylic oxidation sites excluding steroid dienone is 1. The molecule has 0 saturated carbocycles. The van der Waals surface area contributed by atoms with E-state index in [-0.39, 0.29) is 17.6 Å². The first-order valence-corrected chi connectivity index (χ1v) is 13.9. The third-order valence-electron chi connectivity index (χ3n) is 7.98. The van der Waals surface area contributed by atoms with Gasteiger partial charge in [-0.15, -0.1) is 0 Å². The van der Waals surface area contributed by atoms with Crippen LogP contribution in [0.3, 0.4) is 0 Å². The van der Waals surface area contributed by atoms with Crippen LogP contribution in [0.25, 0.3) is 0 Å². The Bertz CT molecular complexity index is 1370. The van der Waals surface area contributed by atoms with Gasteiger partial charge in [0, 0.05) is 42.9 Å². The molecule has 2 atom stereocenters. The molecule has 3 aromatic carbocycles. The zero-order valence-electron chi connectivity index (χ0n) is 23.2. The molecule has 6 heteroatoms. The molecule has 39 heavy (non-hydrogen) atoms. The van der Waals surface area contributed by atoms with Crippen LogP contribution in [0.5, 0.6) is 5.75 Å². The average Bonchev–Trinajstić information content (AvgIpc) is 3.12. The fourth-order valence-electron chi connectivity index (χ4n) is 5.92. The minimum atomic E-state index is -0.501. The van der Waals surface area contributed by atoms with Crippen molar-refractivity contribution in [2.24, 2.45) is 0 Å². The standard InChI is InChI=1S/C33H37N3O3/c1-5-31(38)36-29-11-9-8-10-27(29)34-28-20-24(22-14-18-26(39-4)19-15-22)21-30(37)32(28)33(36)23-12-16-25(17-13-23)35(6-2)7-3/h8-19,24,33-34H,5-7,20-21H2,1-4H3/t24-,33+/m0/s1. The molecule has 202 valence electrons. The fourth-order valence-corrected chi connectivity index (χ4v) is 5.92. The summed E-state index contributed by atoms with van der Waals surface area (Å²) in [5.41, 5.74) is 6.40. The summed E-state index contributed by atoms with van der Waals surface area (Å²) >= 11 is 0. The molecule has 1 heterocycles. The Kier molecular flexibility index (Phi) is 7.73. The Morgan fingerprint density at radius 3 is 2.23 bits per heavy atom. The van der Waals surface area contributed by atoms with Gasteiger partial charge in [-0.2, -0.15) is 0 Å². The number of carbonyl (C=O) groups excluding carboxylic acids is 2. The highest BCUT2D eigenvalue weighted by molar-refractivity contribution is 6.06. The van der Waals surface area contributed by atoms with Crippen molar-refractivity contribution in [1.82, 2.24) is 0 Å². The summed E-state index contributed by atoms with van der Waals surface area (Å²) in [5, 5.41) is 3.60. The maximum Gasteiger partial charge on any atom is 0.227 e. The van der Waals surface area contributed by atoms with Crippen LogP contribution >= 0.6 is 0 Å². The van der Waals surface area contributed by atoms with Crippen molar-refractivity contribution >= 4 is 28.8 Å². The molecule has 0 unspecified atom stereocenters. The average molecular weight is 524 g/mol. The molecule has 1 aliphatic heterocycles. The van der Waals surface area contributed by atoms with Crippen LogP contribution in [0.1, 0.15) is 63.1 Å². The lowest BCUT2D eigenvalue weighted by Gasteiger charge is -2.35. The summed E-state index contributed by atoms with van der Waals surface area (Å²) in [5.74, 6) is 0.898. The number of fused-ring (bicyclic) bond motifs is 1. The Balaban J connectivity index is 1.64. The topological polar surface area (TPSA) is 61.9 Å². The van der Waals surface area contributed by atoms with E-state index in [0.717, 1.165) is 52.7 Å². The number of ether oxygens (including phenoxy) is 1. The summed E-state index contributed by atoms with van der Waals surface area (Å²) in [6.07, 6.45) is 1.42. The van der Waals surface area contributed by atoms with Gasteiger partial charge in [-0.05, 0) is 73.7 Å². The largest absolute Gasteiger partial charge is 0.497 e. The number of anilines is 3. The molecule has 3 aromatic rings. The molecule has 0 spiro atoms. The molecule has 1 N–H and O–H groups in total. The van der Waals surface area contributed by atoms with E-state index in [0.29, 0.717) is 24.8 Å². The zero-order chi connectivity index (χ0) is 27.5. The Labute approximate surface area is 231 Å². The predicted molar refractivity (Wildman–Crippen MR) is 158 cm³/mol. The Morgan fingerprint density at radius 1 is 0.923 bits per heavy atom. The van der Waals surface area contributed by atoms with Crippen molar-refractivity contribution in [3.63, 3.8) is 0 Å². The SMILES string of the molecule is CCC(=O)N1c2ccccc2NC2=C(C(=O)C[C@@H](c3ccc(OC)cc3)C2)[C@H]1c1ccc(N(CC)CC)cc1. The lowest BCUT2D eigenvalue weighted by Crippen LogP contribution is -2.38. The van der Waals surface area contributed by atoms with Crippen molar-refractivity contribution in [3.8, 4) is 5.75 Å². The van der Waals surface area contributed by atoms with Gasteiger partial charge in [-0.3, -0.25) is 14.5 Å². The lowest BCUT2D eigenvalue weighted by atomic mass is 9.78. The summed E-state index contributed by atoms with van der Waals surface area (Å²) in [7, 11) is 1.65. The van der Waals surface area contributed by atoms with Gasteiger partial charge < -0.3 is 15.0 Å². The van der Waals surface area contributed by atoms with E-state index in [1.54, 1.807) is 7.11 Å². The molecule has 5 rings (SSSR count). The monoisotopic (exact) mass is 523 g/mol. The van der Waals surface area contributed by atoms with Crippen molar-refractivity contribution < 1.29 is 14.3 Å². The number of hydrogen-bond donors (Lipinski definition) is 1. The van der Waals surface area contributed by atoms with Crippen molar-refractivity contribution in [2.75, 3.05) is 35.3 Å². The van der Waals surface area contributed by atoms with E-state index < -0.39 is 6.04 Å². The van der Waals surface area contributed by atoms with E-state index >= 15 is 0 Å². The van der Waals surface area contributed by atoms with Crippen LogP contribution in [0.15, 0.2) is 84.1 Å². The van der Waals surface area contributed by atoms with Crippen LogP contribution in [0.4, 0.5) is 17.1 Å². The summed E-state index contributed by atoms with van der Waals surface area (Å²) in [4.78, 5) is 31.8. The molecule has 0 fully saturated rings. The second kappa shape index (κ2) is 11.4. The van der Waals surface area contributed by atoms with Crippen LogP contribution in [0.2, 0.25) is 0 Å². The summed E-state index contributed by atoms with van der Waals surface area (Å²) < 4.78 is 5.34. The van der Waals surface area contributed by atoms with Gasteiger partial charge >= 0.3 is 0 Å². The number of Topliss-reactive ketones (excluding diaryl/α,β-unsaturated/α-hetero) is 1. The maximum absolute atomic E-state index is 14.1. The molecule has 0 saturated heterocycles. The molecule has 6 nitrogen and oxygen atoms in total. The van der Waals surface area contributed by atoms with E-state index in [4.69, 9.17) is 4.74 Å². The number of ketones is 1. The zero-order valence-corrected chi connectivity index (χ0v) is 23.2. The second-order valence-electron chi connectivity index (χ2n) is 10.1. The number of amides is 1. The van der Waals surface area contributed by atoms with Gasteiger partial charge in [0.2, 0.25) is 5.91 Å². The third kappa shape index (κ3) is 5.03. The normalized spacial score (nSPS) is 18.6. The minimum Gasteiger partial charge on any atom is -0.497 e. The van der Waals surface area contributed by atoms with Gasteiger partial charge in [-0.25, -0.2) is 0 Å². The third-order valence-corrected chi connectivity index (χ3v) is 7.98. The number of hydrogen-bond acceptors (Lipinski definition) is 5. The van der Waals surface area contributed by atoms with Crippen LogP contribution in [-0.4, -0.2) is 31.9 Å². The number of rotatable bonds is 7. The summed E-state index contributed by atoms with van der Waals surface area (Å²) in [6, 6.07) is 23.7. The smallest absolute Gasteiger partial charge is 0.227 e. The predicted octanol–water partition coefficient (Wildman–Crippen LogP) is 6.85. The van der Waals surface area contributed by atoms with Crippen LogP contribution in [-0.2, 0) is 9.59 Å². The first-order chi connectivity index (χ1) is 19.0. The van der Waals surface area contributed by atoms with Crippen molar-refractivity contribution in [1.29, 1.82) is 0 Å². The molecule has 1 aliphatic carbocycles.